The number of rotatable bonds is 7. The molecule has 0 saturated heterocycles. The molecule has 1 unspecified atom stereocenters. The summed E-state index contributed by atoms with van der Waals surface area (Å²) >= 11 is 5.94. The Morgan fingerprint density at radius 3 is 2.50 bits per heavy atom. The zero-order valence-electron chi connectivity index (χ0n) is 11.7. The van der Waals surface area contributed by atoms with Crippen molar-refractivity contribution in [3.63, 3.8) is 0 Å². The average molecular weight is 298 g/mol. The van der Waals surface area contributed by atoms with Gasteiger partial charge >= 0.3 is 5.97 Å². The molecular weight excluding hydrogens is 278 g/mol. The predicted molar refractivity (Wildman–Crippen MR) is 79.9 cm³/mol. The number of hydrogen-bond acceptors (Lipinski definition) is 2. The highest BCUT2D eigenvalue weighted by Crippen LogP contribution is 2.22. The maximum absolute atomic E-state index is 11.8. The molecule has 0 aromatic heterocycles. The minimum absolute atomic E-state index is 0.176. The fourth-order valence-electron chi connectivity index (χ4n) is 1.99. The minimum Gasteiger partial charge on any atom is -0.481 e. The number of carbonyl (C=O) groups is 2. The SMILES string of the molecule is CC(C)CC(CCC(=O)Nc1ccccc1Cl)C(=O)O. The van der Waals surface area contributed by atoms with Crippen molar-refractivity contribution in [2.75, 3.05) is 5.32 Å². The molecule has 20 heavy (non-hydrogen) atoms. The first kappa shape index (κ1) is 16.5. The number of carboxylic acid groups (broad SMARTS) is 1. The summed E-state index contributed by atoms with van der Waals surface area (Å²) < 4.78 is 0. The van der Waals surface area contributed by atoms with E-state index in [1.165, 1.54) is 0 Å². The van der Waals surface area contributed by atoms with E-state index in [9.17, 15) is 9.59 Å². The van der Waals surface area contributed by atoms with E-state index in [-0.39, 0.29) is 12.3 Å². The van der Waals surface area contributed by atoms with Gasteiger partial charge in [-0.1, -0.05) is 37.6 Å². The lowest BCUT2D eigenvalue weighted by molar-refractivity contribution is -0.142. The Labute approximate surface area is 124 Å². The van der Waals surface area contributed by atoms with E-state index in [0.717, 1.165) is 0 Å². The molecule has 4 nitrogen and oxygen atoms in total. The molecule has 1 amide bonds. The van der Waals surface area contributed by atoms with Crippen molar-refractivity contribution in [1.82, 2.24) is 0 Å². The normalized spacial score (nSPS) is 12.2. The summed E-state index contributed by atoms with van der Waals surface area (Å²) in [5.74, 6) is -1.24. The molecule has 0 fully saturated rings. The van der Waals surface area contributed by atoms with E-state index < -0.39 is 11.9 Å². The highest BCUT2D eigenvalue weighted by Gasteiger charge is 2.20. The molecule has 0 aliphatic rings. The summed E-state index contributed by atoms with van der Waals surface area (Å²) in [5.41, 5.74) is 0.551. The number of halogens is 1. The van der Waals surface area contributed by atoms with Gasteiger partial charge in [0.05, 0.1) is 16.6 Å². The third-order valence-electron chi connectivity index (χ3n) is 2.97. The van der Waals surface area contributed by atoms with Crippen molar-refractivity contribution in [3.8, 4) is 0 Å². The van der Waals surface area contributed by atoms with Crippen molar-refractivity contribution >= 4 is 29.2 Å². The van der Waals surface area contributed by atoms with Crippen LogP contribution in [0.3, 0.4) is 0 Å². The second-order valence-corrected chi connectivity index (χ2v) is 5.64. The van der Waals surface area contributed by atoms with Crippen LogP contribution in [-0.2, 0) is 9.59 Å². The number of anilines is 1. The summed E-state index contributed by atoms with van der Waals surface area (Å²) in [7, 11) is 0. The third-order valence-corrected chi connectivity index (χ3v) is 3.30. The van der Waals surface area contributed by atoms with Gasteiger partial charge < -0.3 is 10.4 Å². The number of nitrogens with one attached hydrogen (secondary N) is 1. The van der Waals surface area contributed by atoms with Crippen LogP contribution < -0.4 is 5.32 Å². The fraction of sp³-hybridized carbons (Fsp3) is 0.467. The average Bonchev–Trinajstić information content (AvgIpc) is 2.36. The molecule has 110 valence electrons. The van der Waals surface area contributed by atoms with Crippen LogP contribution in [0, 0.1) is 11.8 Å². The molecule has 0 bridgehead atoms. The largest absolute Gasteiger partial charge is 0.481 e. The summed E-state index contributed by atoms with van der Waals surface area (Å²) in [4.78, 5) is 22.9. The zero-order chi connectivity index (χ0) is 15.1. The van der Waals surface area contributed by atoms with Crippen LogP contribution in [0.25, 0.3) is 0 Å². The van der Waals surface area contributed by atoms with E-state index in [2.05, 4.69) is 5.32 Å². The Bertz CT molecular complexity index is 474. The van der Waals surface area contributed by atoms with Gasteiger partial charge in [0.2, 0.25) is 5.91 Å². The van der Waals surface area contributed by atoms with Gasteiger partial charge in [0.25, 0.3) is 0 Å². The van der Waals surface area contributed by atoms with Gasteiger partial charge in [-0.05, 0) is 30.9 Å². The van der Waals surface area contributed by atoms with Crippen molar-refractivity contribution in [2.24, 2.45) is 11.8 Å². The van der Waals surface area contributed by atoms with E-state index in [1.54, 1.807) is 24.3 Å². The van der Waals surface area contributed by atoms with Crippen molar-refractivity contribution in [2.45, 2.75) is 33.1 Å². The second kappa shape index (κ2) is 7.90. The van der Waals surface area contributed by atoms with Gasteiger partial charge in [0.15, 0.2) is 0 Å². The molecule has 0 heterocycles. The molecule has 5 heteroatoms. The van der Waals surface area contributed by atoms with Crippen LogP contribution in [0.1, 0.15) is 33.1 Å². The Morgan fingerprint density at radius 2 is 1.95 bits per heavy atom. The van der Waals surface area contributed by atoms with Crippen LogP contribution in [0.15, 0.2) is 24.3 Å². The van der Waals surface area contributed by atoms with Crippen molar-refractivity contribution in [1.29, 1.82) is 0 Å². The van der Waals surface area contributed by atoms with E-state index >= 15 is 0 Å². The quantitative estimate of drug-likeness (QED) is 0.804. The Morgan fingerprint density at radius 1 is 1.30 bits per heavy atom. The lowest BCUT2D eigenvalue weighted by Crippen LogP contribution is -2.19. The minimum atomic E-state index is -0.843. The first-order valence-electron chi connectivity index (χ1n) is 6.67. The van der Waals surface area contributed by atoms with Crippen LogP contribution in [0.2, 0.25) is 5.02 Å². The standard InChI is InChI=1S/C15H20ClNO3/c1-10(2)9-11(15(19)20)7-8-14(18)17-13-6-4-3-5-12(13)16/h3-6,10-11H,7-9H2,1-2H3,(H,17,18)(H,19,20). The molecule has 1 aromatic rings. The predicted octanol–water partition coefficient (Wildman–Crippen LogP) is 3.81. The molecule has 0 saturated carbocycles. The first-order chi connectivity index (χ1) is 9.40. The maximum Gasteiger partial charge on any atom is 0.306 e. The summed E-state index contributed by atoms with van der Waals surface area (Å²) in [5, 5.41) is 12.3. The van der Waals surface area contributed by atoms with Crippen molar-refractivity contribution in [3.05, 3.63) is 29.3 Å². The number of para-hydroxylation sites is 1. The summed E-state index contributed by atoms with van der Waals surface area (Å²) in [6, 6.07) is 6.96. The third kappa shape index (κ3) is 5.61. The lowest BCUT2D eigenvalue weighted by Gasteiger charge is -2.14. The van der Waals surface area contributed by atoms with Gasteiger partial charge in [-0.2, -0.15) is 0 Å². The Hall–Kier alpha value is -1.55. The number of carbonyl (C=O) groups excluding carboxylic acids is 1. The van der Waals surface area contributed by atoms with E-state index in [0.29, 0.717) is 29.5 Å². The lowest BCUT2D eigenvalue weighted by atomic mass is 9.93. The molecule has 1 aromatic carbocycles. The second-order valence-electron chi connectivity index (χ2n) is 5.23. The van der Waals surface area contributed by atoms with Crippen molar-refractivity contribution < 1.29 is 14.7 Å². The number of carboxylic acids is 1. The zero-order valence-corrected chi connectivity index (χ0v) is 12.5. The van der Waals surface area contributed by atoms with Crippen LogP contribution in [0.5, 0.6) is 0 Å². The molecule has 0 aliphatic heterocycles. The Kier molecular flexibility index (Phi) is 6.52. The molecule has 0 spiro atoms. The van der Waals surface area contributed by atoms with Crippen LogP contribution in [-0.4, -0.2) is 17.0 Å². The maximum atomic E-state index is 11.8. The molecule has 2 N–H and O–H groups in total. The van der Waals surface area contributed by atoms with Gasteiger partial charge in [0.1, 0.15) is 0 Å². The molecule has 0 aliphatic carbocycles. The number of benzene rings is 1. The monoisotopic (exact) mass is 297 g/mol. The van der Waals surface area contributed by atoms with Crippen LogP contribution >= 0.6 is 11.6 Å². The van der Waals surface area contributed by atoms with Gasteiger partial charge in [-0.25, -0.2) is 0 Å². The van der Waals surface area contributed by atoms with Crippen LogP contribution in [0.4, 0.5) is 5.69 Å². The molecular formula is C15H20ClNO3. The van der Waals surface area contributed by atoms with Gasteiger partial charge in [0, 0.05) is 6.42 Å². The number of hydrogen-bond donors (Lipinski definition) is 2. The van der Waals surface area contributed by atoms with Gasteiger partial charge in [-0.3, -0.25) is 9.59 Å². The van der Waals surface area contributed by atoms with E-state index in [4.69, 9.17) is 16.7 Å². The molecule has 0 radical (unpaired) electrons. The highest BCUT2D eigenvalue weighted by molar-refractivity contribution is 6.33. The molecule has 1 atom stereocenters. The number of aliphatic carboxylic acids is 1. The van der Waals surface area contributed by atoms with Gasteiger partial charge in [-0.15, -0.1) is 0 Å². The Balaban J connectivity index is 2.50. The fourth-order valence-corrected chi connectivity index (χ4v) is 2.17. The summed E-state index contributed by atoms with van der Waals surface area (Å²) in [6.07, 6.45) is 1.09. The smallest absolute Gasteiger partial charge is 0.306 e. The molecule has 1 rings (SSSR count). The van der Waals surface area contributed by atoms with E-state index in [1.807, 2.05) is 13.8 Å². The topological polar surface area (TPSA) is 66.4 Å². The number of amides is 1. The first-order valence-corrected chi connectivity index (χ1v) is 7.05. The highest BCUT2D eigenvalue weighted by atomic mass is 35.5. The summed E-state index contributed by atoms with van der Waals surface area (Å²) in [6.45, 7) is 3.94.